The molecule has 0 unspecified atom stereocenters. The molecular weight excluding hydrogens is 217 g/mol. The van der Waals surface area contributed by atoms with Gasteiger partial charge in [-0.3, -0.25) is 0 Å². The summed E-state index contributed by atoms with van der Waals surface area (Å²) >= 11 is 0. The molecule has 0 aliphatic rings. The van der Waals surface area contributed by atoms with Crippen LogP contribution in [0.3, 0.4) is 0 Å². The van der Waals surface area contributed by atoms with E-state index >= 15 is 0 Å². The van der Waals surface area contributed by atoms with E-state index in [0.717, 1.165) is 18.5 Å². The summed E-state index contributed by atoms with van der Waals surface area (Å²) in [5.41, 5.74) is 7.11. The molecule has 0 saturated carbocycles. The van der Waals surface area contributed by atoms with Crippen molar-refractivity contribution in [3.63, 3.8) is 0 Å². The minimum absolute atomic E-state index is 0.119. The van der Waals surface area contributed by atoms with Crippen molar-refractivity contribution in [3.05, 3.63) is 24.0 Å². The van der Waals surface area contributed by atoms with Gasteiger partial charge in [0, 0.05) is 6.54 Å². The number of hydrogen-bond donors (Lipinski definition) is 1. The molecular formula is C13H18FN3. The van der Waals surface area contributed by atoms with Crippen molar-refractivity contribution < 1.29 is 4.39 Å². The van der Waals surface area contributed by atoms with E-state index in [1.54, 1.807) is 6.07 Å². The van der Waals surface area contributed by atoms with Gasteiger partial charge in [0.15, 0.2) is 5.82 Å². The number of nitrogens with zero attached hydrogens (tertiary/aromatic N) is 2. The Morgan fingerprint density at radius 2 is 2.12 bits per heavy atom. The van der Waals surface area contributed by atoms with Gasteiger partial charge in [0.2, 0.25) is 5.95 Å². The lowest BCUT2D eigenvalue weighted by Gasteiger charge is -2.24. The molecule has 0 radical (unpaired) electrons. The number of halogens is 1. The molecule has 0 saturated heterocycles. The summed E-state index contributed by atoms with van der Waals surface area (Å²) in [6.07, 6.45) is 1.03. The quantitative estimate of drug-likeness (QED) is 0.887. The van der Waals surface area contributed by atoms with Crippen LogP contribution >= 0.6 is 0 Å². The minimum atomic E-state index is -0.317. The SMILES string of the molecule is CCC(C)(C)Cn1c(N)nc2c(F)cccc21. The molecule has 0 spiro atoms. The Labute approximate surface area is 100 Å². The first kappa shape index (κ1) is 11.9. The van der Waals surface area contributed by atoms with Gasteiger partial charge in [-0.05, 0) is 24.0 Å². The predicted molar refractivity (Wildman–Crippen MR) is 68.2 cm³/mol. The summed E-state index contributed by atoms with van der Waals surface area (Å²) in [5.74, 6) is 0.0638. The number of aromatic nitrogens is 2. The molecule has 92 valence electrons. The van der Waals surface area contributed by atoms with Crippen LogP contribution in [-0.2, 0) is 6.54 Å². The number of hydrogen-bond acceptors (Lipinski definition) is 2. The van der Waals surface area contributed by atoms with Crippen LogP contribution in [0.15, 0.2) is 18.2 Å². The normalized spacial score (nSPS) is 12.2. The topological polar surface area (TPSA) is 43.8 Å². The standard InChI is InChI=1S/C13H18FN3/c1-4-13(2,3)8-17-10-7-5-6-9(14)11(10)16-12(17)15/h5-7H,4,8H2,1-3H3,(H2,15,16). The third-order valence-electron chi connectivity index (χ3n) is 3.30. The Morgan fingerprint density at radius 1 is 1.41 bits per heavy atom. The molecule has 4 heteroatoms. The van der Waals surface area contributed by atoms with Gasteiger partial charge in [-0.1, -0.05) is 26.8 Å². The van der Waals surface area contributed by atoms with Crippen molar-refractivity contribution >= 4 is 17.0 Å². The largest absolute Gasteiger partial charge is 0.369 e. The van der Waals surface area contributed by atoms with Crippen LogP contribution in [0.1, 0.15) is 27.2 Å². The fourth-order valence-corrected chi connectivity index (χ4v) is 1.84. The van der Waals surface area contributed by atoms with Crippen molar-refractivity contribution in [2.24, 2.45) is 5.41 Å². The van der Waals surface area contributed by atoms with E-state index in [9.17, 15) is 4.39 Å². The van der Waals surface area contributed by atoms with Gasteiger partial charge in [0.1, 0.15) is 5.52 Å². The molecule has 0 bridgehead atoms. The van der Waals surface area contributed by atoms with E-state index in [1.165, 1.54) is 6.07 Å². The highest BCUT2D eigenvalue weighted by atomic mass is 19.1. The molecule has 2 N–H and O–H groups in total. The first-order chi connectivity index (χ1) is 7.94. The van der Waals surface area contributed by atoms with Gasteiger partial charge in [-0.15, -0.1) is 0 Å². The Kier molecular flexibility index (Phi) is 2.81. The number of benzene rings is 1. The lowest BCUT2D eigenvalue weighted by molar-refractivity contribution is 0.300. The molecule has 1 aromatic heterocycles. The van der Waals surface area contributed by atoms with Crippen LogP contribution in [0.25, 0.3) is 11.0 Å². The first-order valence-electron chi connectivity index (χ1n) is 5.85. The Morgan fingerprint density at radius 3 is 2.76 bits per heavy atom. The van der Waals surface area contributed by atoms with Gasteiger partial charge in [-0.2, -0.15) is 0 Å². The third-order valence-corrected chi connectivity index (χ3v) is 3.30. The highest BCUT2D eigenvalue weighted by Gasteiger charge is 2.20. The van der Waals surface area contributed by atoms with Crippen molar-refractivity contribution in [3.8, 4) is 0 Å². The van der Waals surface area contributed by atoms with E-state index in [4.69, 9.17) is 5.73 Å². The molecule has 0 amide bonds. The van der Waals surface area contributed by atoms with E-state index in [2.05, 4.69) is 25.8 Å². The maximum Gasteiger partial charge on any atom is 0.201 e. The molecule has 1 aromatic carbocycles. The first-order valence-corrected chi connectivity index (χ1v) is 5.85. The number of rotatable bonds is 3. The summed E-state index contributed by atoms with van der Waals surface area (Å²) in [6.45, 7) is 7.21. The van der Waals surface area contributed by atoms with Gasteiger partial charge in [0.25, 0.3) is 0 Å². The summed E-state index contributed by atoms with van der Waals surface area (Å²) in [4.78, 5) is 4.10. The smallest absolute Gasteiger partial charge is 0.201 e. The third kappa shape index (κ3) is 2.12. The molecule has 2 aromatic rings. The second-order valence-corrected chi connectivity index (χ2v) is 5.18. The zero-order valence-corrected chi connectivity index (χ0v) is 10.5. The summed E-state index contributed by atoms with van der Waals surface area (Å²) in [7, 11) is 0. The van der Waals surface area contributed by atoms with Crippen molar-refractivity contribution in [2.45, 2.75) is 33.7 Å². The highest BCUT2D eigenvalue weighted by Crippen LogP contribution is 2.28. The second kappa shape index (κ2) is 4.02. The van der Waals surface area contributed by atoms with Crippen molar-refractivity contribution in [1.82, 2.24) is 9.55 Å². The van der Waals surface area contributed by atoms with E-state index in [-0.39, 0.29) is 11.2 Å². The molecule has 2 rings (SSSR count). The van der Waals surface area contributed by atoms with Gasteiger partial charge >= 0.3 is 0 Å². The molecule has 1 heterocycles. The van der Waals surface area contributed by atoms with Gasteiger partial charge in [0.05, 0.1) is 5.52 Å². The Balaban J connectivity index is 2.54. The lowest BCUT2D eigenvalue weighted by Crippen LogP contribution is -2.19. The fourth-order valence-electron chi connectivity index (χ4n) is 1.84. The maximum atomic E-state index is 13.6. The van der Waals surface area contributed by atoms with E-state index in [0.29, 0.717) is 11.5 Å². The van der Waals surface area contributed by atoms with Crippen LogP contribution in [0.4, 0.5) is 10.3 Å². The minimum Gasteiger partial charge on any atom is -0.369 e. The summed E-state index contributed by atoms with van der Waals surface area (Å²) in [5, 5.41) is 0. The fraction of sp³-hybridized carbons (Fsp3) is 0.462. The Hall–Kier alpha value is -1.58. The predicted octanol–water partition coefficient (Wildman–Crippen LogP) is 3.19. The van der Waals surface area contributed by atoms with Crippen LogP contribution in [0.2, 0.25) is 0 Å². The number of nitrogen functional groups attached to an aromatic ring is 1. The van der Waals surface area contributed by atoms with Gasteiger partial charge < -0.3 is 10.3 Å². The average molecular weight is 235 g/mol. The van der Waals surface area contributed by atoms with Crippen molar-refractivity contribution in [1.29, 1.82) is 0 Å². The number of fused-ring (bicyclic) bond motifs is 1. The molecule has 0 aliphatic heterocycles. The summed E-state index contributed by atoms with van der Waals surface area (Å²) < 4.78 is 15.5. The van der Waals surface area contributed by atoms with Crippen LogP contribution < -0.4 is 5.73 Å². The average Bonchev–Trinajstić information content (AvgIpc) is 2.58. The number of imidazole rings is 1. The molecule has 0 atom stereocenters. The highest BCUT2D eigenvalue weighted by molar-refractivity contribution is 5.78. The van der Waals surface area contributed by atoms with E-state index in [1.807, 2.05) is 10.6 Å². The zero-order valence-electron chi connectivity index (χ0n) is 10.5. The lowest BCUT2D eigenvalue weighted by atomic mass is 9.90. The maximum absolute atomic E-state index is 13.6. The molecule has 0 fully saturated rings. The molecule has 0 aliphatic carbocycles. The Bertz CT molecular complexity index is 543. The number of nitrogens with two attached hydrogens (primary N) is 1. The number of para-hydroxylation sites is 1. The van der Waals surface area contributed by atoms with E-state index < -0.39 is 0 Å². The van der Waals surface area contributed by atoms with Gasteiger partial charge in [-0.25, -0.2) is 9.37 Å². The van der Waals surface area contributed by atoms with Crippen LogP contribution in [0.5, 0.6) is 0 Å². The zero-order chi connectivity index (χ0) is 12.6. The van der Waals surface area contributed by atoms with Crippen LogP contribution in [-0.4, -0.2) is 9.55 Å². The number of anilines is 1. The molecule has 3 nitrogen and oxygen atoms in total. The monoisotopic (exact) mass is 235 g/mol. The second-order valence-electron chi connectivity index (χ2n) is 5.18. The molecule has 17 heavy (non-hydrogen) atoms. The van der Waals surface area contributed by atoms with Crippen molar-refractivity contribution in [2.75, 3.05) is 5.73 Å². The summed E-state index contributed by atoms with van der Waals surface area (Å²) in [6, 6.07) is 4.95. The van der Waals surface area contributed by atoms with Crippen LogP contribution in [0, 0.1) is 11.2 Å².